The predicted molar refractivity (Wildman–Crippen MR) is 157 cm³/mol. The second-order valence-electron chi connectivity index (χ2n) is 7.88. The van der Waals surface area contributed by atoms with Crippen LogP contribution in [0.1, 0.15) is 43.0 Å². The van der Waals surface area contributed by atoms with Crippen molar-refractivity contribution in [2.75, 3.05) is 38.9 Å². The molecule has 0 aliphatic rings. The summed E-state index contributed by atoms with van der Waals surface area (Å²) in [6, 6.07) is 6.16. The minimum absolute atomic E-state index is 0.00611. The summed E-state index contributed by atoms with van der Waals surface area (Å²) in [5.41, 5.74) is 0. The Morgan fingerprint density at radius 2 is 1.46 bits per heavy atom. The van der Waals surface area contributed by atoms with E-state index < -0.39 is 23.7 Å². The van der Waals surface area contributed by atoms with Crippen LogP contribution in [0.15, 0.2) is 33.1 Å². The molecule has 0 amide bonds. The number of nitro groups is 1. The maximum absolute atomic E-state index is 12.1. The largest absolute Gasteiger partial charge is 0.464 e. The highest BCUT2D eigenvalue weighted by Gasteiger charge is 2.26. The molecule has 2 aromatic heterocycles. The lowest BCUT2D eigenvalue weighted by Crippen LogP contribution is -2.15. The summed E-state index contributed by atoms with van der Waals surface area (Å²) in [5, 5.41) is 18.9. The highest BCUT2D eigenvalue weighted by molar-refractivity contribution is 8.06. The van der Waals surface area contributed by atoms with Gasteiger partial charge in [-0.15, -0.1) is 23.2 Å². The molecule has 2 aromatic rings. The van der Waals surface area contributed by atoms with Gasteiger partial charge in [0, 0.05) is 24.8 Å². The van der Waals surface area contributed by atoms with Crippen LogP contribution >= 0.6 is 69.8 Å². The molecule has 0 aliphatic heterocycles. The van der Waals surface area contributed by atoms with Crippen molar-refractivity contribution in [1.82, 2.24) is 9.34 Å². The number of aliphatic hydroxyl groups is 1. The molecule has 18 heteroatoms. The zero-order valence-electron chi connectivity index (χ0n) is 21.8. The first-order chi connectivity index (χ1) is 18.2. The van der Waals surface area contributed by atoms with Gasteiger partial charge < -0.3 is 13.9 Å². The Kier molecular flexibility index (Phi) is 20.4. The average Bonchev–Trinajstić information content (AvgIpc) is 3.52. The molecule has 0 aliphatic carbocycles. The van der Waals surface area contributed by atoms with Gasteiger partial charge in [-0.25, -0.2) is 9.34 Å². The predicted octanol–water partition coefficient (Wildman–Crippen LogP) is 8.61. The smallest absolute Gasteiger partial charge is 0.433 e. The first-order valence-electron chi connectivity index (χ1n) is 11.6. The van der Waals surface area contributed by atoms with Gasteiger partial charge in [0.15, 0.2) is 0 Å². The second-order valence-corrected chi connectivity index (χ2v) is 16.6. The lowest BCUT2D eigenvalue weighted by atomic mass is 10.3. The molecule has 0 spiro atoms. The number of hydrogen-bond acceptors (Lipinski definition) is 8. The number of alkyl halides is 2. The van der Waals surface area contributed by atoms with Crippen LogP contribution in [0.2, 0.25) is 0 Å². The third-order valence-electron chi connectivity index (χ3n) is 4.68. The number of aliphatic hydroxyl groups excluding tert-OH is 1. The molecule has 11 nitrogen and oxygen atoms in total. The average molecular weight is 696 g/mol. The number of rotatable bonds is 15. The van der Waals surface area contributed by atoms with Crippen LogP contribution in [0.25, 0.3) is 0 Å². The molecule has 0 saturated carbocycles. The first-order valence-corrected chi connectivity index (χ1v) is 18.6. The number of furan rings is 2. The fourth-order valence-electron chi connectivity index (χ4n) is 2.46. The van der Waals surface area contributed by atoms with Crippen molar-refractivity contribution in [2.45, 2.75) is 45.8 Å². The Morgan fingerprint density at radius 1 is 0.923 bits per heavy atom. The topological polar surface area (TPSA) is 140 Å². The molecule has 1 N–H and O–H groups in total. The van der Waals surface area contributed by atoms with Crippen molar-refractivity contribution in [2.24, 2.45) is 0 Å². The molecule has 0 saturated heterocycles. The van der Waals surface area contributed by atoms with Crippen LogP contribution in [0, 0.1) is 17.0 Å². The highest BCUT2D eigenvalue weighted by Crippen LogP contribution is 2.59. The van der Waals surface area contributed by atoms with E-state index in [0.29, 0.717) is 30.6 Å². The minimum atomic E-state index is -3.47. The molecule has 2 heterocycles. The van der Waals surface area contributed by atoms with E-state index in [-0.39, 0.29) is 19.0 Å². The monoisotopic (exact) mass is 693 g/mol. The normalized spacial score (nSPS) is 12.9. The molecule has 0 radical (unpaired) electrons. The summed E-state index contributed by atoms with van der Waals surface area (Å²) in [5.74, 6) is -0.667. The van der Waals surface area contributed by atoms with Gasteiger partial charge in [0.25, 0.3) is 0 Å². The standard InChI is InChI=1S/C10H15Cl2N2O5P.C6H8O2.C5H11Cl3NOP/c1-13(7-3-2-6-11)20(12,17)18-8-9-4-5-10(19-9)14(15)16;1-5-2-3-6(4-7)8-5;1-9(11(7,8)10)5-3-2-4-6/h4-5H,2-3,6-8H2,1H3;2-3,7H,4H2,1H3;2-5H2,1H3. The van der Waals surface area contributed by atoms with Crippen LogP contribution in [-0.4, -0.2) is 58.3 Å². The SMILES string of the molecule is CN(CCCCCl)P(=O)(Cl)Cl.CN(CCCCCl)P(=O)(Cl)OCc1ccc([N+](=O)[O-])o1.Cc1ccc(CO)o1. The number of halogens is 5. The maximum atomic E-state index is 12.1. The van der Waals surface area contributed by atoms with Crippen molar-refractivity contribution in [1.29, 1.82) is 0 Å². The quantitative estimate of drug-likeness (QED) is 0.0633. The van der Waals surface area contributed by atoms with E-state index >= 15 is 0 Å². The van der Waals surface area contributed by atoms with Gasteiger partial charge in [-0.3, -0.25) is 23.8 Å². The molecule has 0 fully saturated rings. The molecule has 0 aromatic carbocycles. The van der Waals surface area contributed by atoms with Crippen LogP contribution in [0.4, 0.5) is 5.88 Å². The molecule has 1 atom stereocenters. The summed E-state index contributed by atoms with van der Waals surface area (Å²) in [4.78, 5) is 9.78. The Hall–Kier alpha value is -0.290. The zero-order chi connectivity index (χ0) is 30.1. The van der Waals surface area contributed by atoms with Crippen LogP contribution in [0.3, 0.4) is 0 Å². The van der Waals surface area contributed by atoms with Gasteiger partial charge in [-0.2, -0.15) is 0 Å². The van der Waals surface area contributed by atoms with E-state index in [1.165, 1.54) is 21.5 Å². The second kappa shape index (κ2) is 20.6. The fourth-order valence-corrected chi connectivity index (χ4v) is 4.90. The lowest BCUT2D eigenvalue weighted by molar-refractivity contribution is -0.402. The van der Waals surface area contributed by atoms with Crippen molar-refractivity contribution in [3.8, 4) is 0 Å². The summed E-state index contributed by atoms with van der Waals surface area (Å²) in [7, 11) is 3.21. The summed E-state index contributed by atoms with van der Waals surface area (Å²) >= 11 is 27.6. The van der Waals surface area contributed by atoms with Gasteiger partial charge in [-0.05, 0) is 98.6 Å². The van der Waals surface area contributed by atoms with E-state index in [1.807, 2.05) is 13.0 Å². The van der Waals surface area contributed by atoms with E-state index in [9.17, 15) is 19.2 Å². The number of nitrogens with zero attached hydrogens (tertiary/aromatic N) is 3. The van der Waals surface area contributed by atoms with Crippen LogP contribution in [-0.2, 0) is 26.9 Å². The first kappa shape index (κ1) is 38.7. The van der Waals surface area contributed by atoms with Gasteiger partial charge >= 0.3 is 18.8 Å². The summed E-state index contributed by atoms with van der Waals surface area (Å²) in [6.45, 7) is -0.731. The Bertz CT molecular complexity index is 1050. The van der Waals surface area contributed by atoms with Crippen molar-refractivity contribution < 1.29 is 32.5 Å². The number of unbranched alkanes of at least 4 members (excludes halogenated alkanes) is 2. The lowest BCUT2D eigenvalue weighted by Gasteiger charge is -2.21. The number of aryl methyl sites for hydroxylation is 1. The minimum Gasteiger partial charge on any atom is -0.464 e. The third kappa shape index (κ3) is 18.0. The van der Waals surface area contributed by atoms with E-state index in [1.54, 1.807) is 20.2 Å². The van der Waals surface area contributed by atoms with Crippen molar-refractivity contribution in [3.05, 3.63) is 51.7 Å². The Morgan fingerprint density at radius 3 is 1.85 bits per heavy atom. The molecular formula is C21H34Cl5N3O8P2. The fraction of sp³-hybridized carbons (Fsp3) is 0.619. The number of hydrogen-bond donors (Lipinski definition) is 1. The zero-order valence-corrected chi connectivity index (χ0v) is 27.4. The van der Waals surface area contributed by atoms with Crippen LogP contribution in [0.5, 0.6) is 0 Å². The molecule has 226 valence electrons. The maximum Gasteiger partial charge on any atom is 0.433 e. The van der Waals surface area contributed by atoms with Gasteiger partial charge in [-0.1, -0.05) is 0 Å². The summed E-state index contributed by atoms with van der Waals surface area (Å²) in [6.07, 6.45) is 3.28. The highest BCUT2D eigenvalue weighted by atomic mass is 35.9. The third-order valence-corrected chi connectivity index (χ3v) is 10.3. The van der Waals surface area contributed by atoms with Crippen LogP contribution < -0.4 is 0 Å². The van der Waals surface area contributed by atoms with E-state index in [2.05, 4.69) is 0 Å². The van der Waals surface area contributed by atoms with Gasteiger partial charge in [0.1, 0.15) is 35.4 Å². The Balaban J connectivity index is 0.000000634. The van der Waals surface area contributed by atoms with Gasteiger partial charge in [0.2, 0.25) is 0 Å². The van der Waals surface area contributed by atoms with Crippen molar-refractivity contribution in [3.63, 3.8) is 0 Å². The summed E-state index contributed by atoms with van der Waals surface area (Å²) < 4.78 is 40.8. The molecule has 1 unspecified atom stereocenters. The molecule has 39 heavy (non-hydrogen) atoms. The van der Waals surface area contributed by atoms with Gasteiger partial charge in [0.05, 0.1) is 6.07 Å². The van der Waals surface area contributed by atoms with E-state index in [0.717, 1.165) is 31.4 Å². The molecular weight excluding hydrogens is 661 g/mol. The molecule has 2 rings (SSSR count). The Labute approximate surface area is 253 Å². The molecule has 0 bridgehead atoms. The van der Waals surface area contributed by atoms with Crippen molar-refractivity contribution >= 4 is 75.7 Å². The van der Waals surface area contributed by atoms with E-state index in [4.69, 9.17) is 75.4 Å².